The predicted molar refractivity (Wildman–Crippen MR) is 174 cm³/mol. The van der Waals surface area contributed by atoms with Gasteiger partial charge < -0.3 is 14.8 Å². The molecule has 0 saturated carbocycles. The Morgan fingerprint density at radius 3 is 2.13 bits per heavy atom. The molecular weight excluding hydrogens is 779 g/mol. The summed E-state index contributed by atoms with van der Waals surface area (Å²) in [6.45, 7) is 1.81. The van der Waals surface area contributed by atoms with Crippen LogP contribution >= 0.6 is 15.9 Å². The number of unbranched alkanes of at least 4 members (excludes halogenated alkanes) is 3. The van der Waals surface area contributed by atoms with Crippen LogP contribution in [0, 0.1) is 0 Å². The number of esters is 1. The molecule has 0 unspecified atom stereocenters. The van der Waals surface area contributed by atoms with Crippen molar-refractivity contribution in [1.82, 2.24) is 9.97 Å². The number of hydrogen-bond donors (Lipinski definition) is 1. The summed E-state index contributed by atoms with van der Waals surface area (Å²) < 4.78 is 133. The average molecular weight is 814 g/mol. The molecule has 1 aliphatic heterocycles. The van der Waals surface area contributed by atoms with Crippen molar-refractivity contribution in [1.29, 1.82) is 0 Å². The number of aromatic nitrogens is 2. The van der Waals surface area contributed by atoms with Crippen LogP contribution in [0.1, 0.15) is 91.4 Å². The van der Waals surface area contributed by atoms with E-state index in [1.807, 2.05) is 0 Å². The molecule has 1 amide bonds. The number of methoxy groups -OCH3 is 1. The molecule has 3 aromatic rings. The molecule has 0 aliphatic carbocycles. The molecule has 284 valence electrons. The largest absolute Gasteiger partial charge is 0.469 e. The lowest BCUT2D eigenvalue weighted by molar-refractivity contribution is -0.143. The van der Waals surface area contributed by atoms with Gasteiger partial charge in [0.05, 0.1) is 52.3 Å². The van der Waals surface area contributed by atoms with Crippen LogP contribution in [-0.4, -0.2) is 41.8 Å². The highest BCUT2D eigenvalue weighted by molar-refractivity contribution is 9.10. The second kappa shape index (κ2) is 16.7. The maximum absolute atomic E-state index is 13.9. The van der Waals surface area contributed by atoms with Gasteiger partial charge in [0.1, 0.15) is 0 Å². The number of alkyl halides is 9. The Kier molecular flexibility index (Phi) is 13.1. The lowest BCUT2D eigenvalue weighted by Gasteiger charge is -2.40. The standard InChI is InChI=1S/C34H34BrF9N4O4/c1-3-23-17-26(46-30-45-18-25(35)27(47-30)14-19-12-21(33(39,40)41)15-22(13-19)34(42,43)44)24-16-20(32(36,37)38)9-10-28(24)48(23)31(50)52-11-7-5-4-6-8-29(49)51-2/h9-10,12-13,15-16,18,23,26H,3-8,11,14,17H2,1-2H3,(H,45,46,47)/t23-,26+/m1/s1. The Morgan fingerprint density at radius 2 is 1.54 bits per heavy atom. The number of carbonyl (C=O) groups is 2. The van der Waals surface area contributed by atoms with Gasteiger partial charge in [0.15, 0.2) is 0 Å². The number of anilines is 2. The first-order valence-corrected chi connectivity index (χ1v) is 16.9. The van der Waals surface area contributed by atoms with Crippen molar-refractivity contribution in [3.8, 4) is 0 Å². The zero-order chi connectivity index (χ0) is 38.4. The molecule has 0 saturated heterocycles. The summed E-state index contributed by atoms with van der Waals surface area (Å²) in [6, 6.07) is 2.61. The zero-order valence-corrected chi connectivity index (χ0v) is 29.4. The molecule has 4 rings (SSSR count). The number of ether oxygens (including phenoxy) is 2. The normalized spacial score (nSPS) is 16.3. The minimum atomic E-state index is -5.06. The first-order valence-electron chi connectivity index (χ1n) is 16.1. The monoisotopic (exact) mass is 812 g/mol. The minimum Gasteiger partial charge on any atom is -0.469 e. The van der Waals surface area contributed by atoms with Crippen molar-refractivity contribution in [2.24, 2.45) is 0 Å². The third-order valence-electron chi connectivity index (χ3n) is 8.40. The van der Waals surface area contributed by atoms with Gasteiger partial charge in [-0.15, -0.1) is 0 Å². The average Bonchev–Trinajstić information content (AvgIpc) is 3.07. The lowest BCUT2D eigenvalue weighted by atomic mass is 9.89. The van der Waals surface area contributed by atoms with Crippen molar-refractivity contribution in [2.75, 3.05) is 23.9 Å². The predicted octanol–water partition coefficient (Wildman–Crippen LogP) is 10.3. The van der Waals surface area contributed by atoms with E-state index in [0.717, 1.165) is 12.1 Å². The third-order valence-corrected chi connectivity index (χ3v) is 9.06. The van der Waals surface area contributed by atoms with Gasteiger partial charge in [-0.3, -0.25) is 9.69 Å². The molecule has 0 fully saturated rings. The topological polar surface area (TPSA) is 93.7 Å². The van der Waals surface area contributed by atoms with Crippen LogP contribution in [-0.2, 0) is 39.2 Å². The molecule has 0 bridgehead atoms. The van der Waals surface area contributed by atoms with Crippen LogP contribution in [0.15, 0.2) is 47.1 Å². The van der Waals surface area contributed by atoms with Crippen molar-refractivity contribution < 1.29 is 58.6 Å². The molecule has 0 radical (unpaired) electrons. The molecular formula is C34H34BrF9N4O4. The molecule has 0 spiro atoms. The molecule has 1 aliphatic rings. The van der Waals surface area contributed by atoms with Gasteiger partial charge in [0, 0.05) is 25.1 Å². The van der Waals surface area contributed by atoms with Gasteiger partial charge in [0.2, 0.25) is 5.95 Å². The smallest absolute Gasteiger partial charge is 0.416 e. The van der Waals surface area contributed by atoms with Crippen LogP contribution in [0.4, 0.5) is 55.9 Å². The van der Waals surface area contributed by atoms with E-state index in [1.165, 1.54) is 24.3 Å². The molecule has 1 N–H and O–H groups in total. The van der Waals surface area contributed by atoms with E-state index in [2.05, 4.69) is 36.0 Å². The maximum atomic E-state index is 13.9. The molecule has 52 heavy (non-hydrogen) atoms. The van der Waals surface area contributed by atoms with E-state index in [-0.39, 0.29) is 64.4 Å². The number of hydrogen-bond acceptors (Lipinski definition) is 7. The van der Waals surface area contributed by atoms with Crippen LogP contribution in [0.2, 0.25) is 0 Å². The van der Waals surface area contributed by atoms with Crippen LogP contribution in [0.25, 0.3) is 0 Å². The minimum absolute atomic E-state index is 0.00701. The second-order valence-electron chi connectivity index (χ2n) is 12.1. The molecule has 18 heteroatoms. The summed E-state index contributed by atoms with van der Waals surface area (Å²) in [5, 5.41) is 2.97. The van der Waals surface area contributed by atoms with Gasteiger partial charge in [0.25, 0.3) is 0 Å². The summed E-state index contributed by atoms with van der Waals surface area (Å²) in [7, 11) is 1.30. The first kappa shape index (κ1) is 40.7. The fourth-order valence-corrected chi connectivity index (χ4v) is 6.12. The van der Waals surface area contributed by atoms with Crippen molar-refractivity contribution >= 4 is 39.6 Å². The Balaban J connectivity index is 1.59. The Labute approximate surface area is 301 Å². The number of carbonyl (C=O) groups excluding carboxylic acids is 2. The van der Waals surface area contributed by atoms with Crippen molar-refractivity contribution in [2.45, 2.75) is 88.9 Å². The summed E-state index contributed by atoms with van der Waals surface area (Å²) >= 11 is 3.18. The van der Waals surface area contributed by atoms with Crippen LogP contribution in [0.5, 0.6) is 0 Å². The molecule has 2 aromatic carbocycles. The quantitative estimate of drug-likeness (QED) is 0.111. The van der Waals surface area contributed by atoms with E-state index in [9.17, 15) is 49.1 Å². The summed E-state index contributed by atoms with van der Waals surface area (Å²) in [4.78, 5) is 34.3. The van der Waals surface area contributed by atoms with Gasteiger partial charge >= 0.3 is 30.6 Å². The third kappa shape index (κ3) is 10.5. The van der Waals surface area contributed by atoms with Gasteiger partial charge in [-0.2, -0.15) is 39.5 Å². The number of nitrogens with zero attached hydrogens (tertiary/aromatic N) is 3. The molecule has 8 nitrogen and oxygen atoms in total. The fourth-order valence-electron chi connectivity index (χ4n) is 5.79. The van der Waals surface area contributed by atoms with E-state index >= 15 is 0 Å². The number of benzene rings is 2. The molecule has 2 heterocycles. The van der Waals surface area contributed by atoms with E-state index in [0.29, 0.717) is 44.2 Å². The number of fused-ring (bicyclic) bond motifs is 1. The van der Waals surface area contributed by atoms with Gasteiger partial charge in [-0.05, 0) is 89.1 Å². The zero-order valence-electron chi connectivity index (χ0n) is 27.8. The van der Waals surface area contributed by atoms with Gasteiger partial charge in [-0.25, -0.2) is 14.8 Å². The Hall–Kier alpha value is -4.09. The number of nitrogens with one attached hydrogen (secondary N) is 1. The van der Waals surface area contributed by atoms with E-state index < -0.39 is 59.8 Å². The van der Waals surface area contributed by atoms with Crippen molar-refractivity contribution in [3.63, 3.8) is 0 Å². The first-order chi connectivity index (χ1) is 24.3. The SMILES string of the molecule is CC[C@@H]1C[C@H](Nc2ncc(Br)c(Cc3cc(C(F)(F)F)cc(C(F)(F)F)c3)n2)c2cc(C(F)(F)F)ccc2N1C(=O)OCCCCCCC(=O)OC. The van der Waals surface area contributed by atoms with Crippen LogP contribution < -0.4 is 10.2 Å². The van der Waals surface area contributed by atoms with Crippen LogP contribution in [0.3, 0.4) is 0 Å². The molecule has 1 aromatic heterocycles. The summed E-state index contributed by atoms with van der Waals surface area (Å²) in [5.41, 5.74) is -4.10. The van der Waals surface area contributed by atoms with E-state index in [1.54, 1.807) is 6.92 Å². The fraction of sp³-hybridized carbons (Fsp3) is 0.471. The summed E-state index contributed by atoms with van der Waals surface area (Å²) in [6.07, 6.45) is -11.7. The highest BCUT2D eigenvalue weighted by Crippen LogP contribution is 2.43. The Bertz CT molecular complexity index is 1700. The Morgan fingerprint density at radius 1 is 0.904 bits per heavy atom. The lowest BCUT2D eigenvalue weighted by Crippen LogP contribution is -2.46. The maximum Gasteiger partial charge on any atom is 0.416 e. The number of amides is 1. The highest BCUT2D eigenvalue weighted by atomic mass is 79.9. The second-order valence-corrected chi connectivity index (χ2v) is 12.9. The molecule has 2 atom stereocenters. The highest BCUT2D eigenvalue weighted by Gasteiger charge is 2.40. The van der Waals surface area contributed by atoms with E-state index in [4.69, 9.17) is 4.74 Å². The summed E-state index contributed by atoms with van der Waals surface area (Å²) in [5.74, 6) is -0.486. The number of halogens is 10. The van der Waals surface area contributed by atoms with Gasteiger partial charge in [-0.1, -0.05) is 19.8 Å². The number of rotatable bonds is 12. The van der Waals surface area contributed by atoms with Crippen molar-refractivity contribution in [3.05, 3.63) is 80.6 Å².